The molecular weight excluding hydrogens is 381 g/mol. The van der Waals surface area contributed by atoms with Gasteiger partial charge in [0.25, 0.3) is 0 Å². The monoisotopic (exact) mass is 407 g/mol. The lowest BCUT2D eigenvalue weighted by Gasteiger charge is -2.32. The highest BCUT2D eigenvalue weighted by molar-refractivity contribution is 5.77. The molecule has 5 rings (SSSR count). The summed E-state index contributed by atoms with van der Waals surface area (Å²) in [6, 6.07) is 8.97. The fourth-order valence-corrected chi connectivity index (χ4v) is 4.52. The third-order valence-electron chi connectivity index (χ3n) is 6.22. The first kappa shape index (κ1) is 19.2. The van der Waals surface area contributed by atoms with Crippen molar-refractivity contribution in [2.45, 2.75) is 63.1 Å². The van der Waals surface area contributed by atoms with Crippen molar-refractivity contribution in [3.63, 3.8) is 0 Å². The molecular formula is C23H26FN5O. The van der Waals surface area contributed by atoms with Crippen LogP contribution in [-0.4, -0.2) is 36.8 Å². The van der Waals surface area contributed by atoms with Gasteiger partial charge in [-0.3, -0.25) is 0 Å². The Bertz CT molecular complexity index is 1010. The lowest BCUT2D eigenvalue weighted by molar-refractivity contribution is 0.0834. The number of rotatable bonds is 5. The highest BCUT2D eigenvalue weighted by Gasteiger charge is 2.28. The number of aliphatic hydroxyl groups is 1. The van der Waals surface area contributed by atoms with E-state index in [9.17, 15) is 9.50 Å². The quantitative estimate of drug-likeness (QED) is 0.647. The third-order valence-corrected chi connectivity index (χ3v) is 6.22. The van der Waals surface area contributed by atoms with Gasteiger partial charge in [-0.2, -0.15) is 0 Å². The number of benzene rings is 1. The molecule has 0 atom stereocenters. The van der Waals surface area contributed by atoms with Gasteiger partial charge in [0.15, 0.2) is 0 Å². The van der Waals surface area contributed by atoms with Gasteiger partial charge >= 0.3 is 0 Å². The van der Waals surface area contributed by atoms with Crippen molar-refractivity contribution in [2.24, 2.45) is 0 Å². The number of anilines is 1. The van der Waals surface area contributed by atoms with E-state index in [1.165, 1.54) is 31.4 Å². The van der Waals surface area contributed by atoms with Gasteiger partial charge in [0.1, 0.15) is 5.82 Å². The zero-order valence-corrected chi connectivity index (χ0v) is 16.8. The van der Waals surface area contributed by atoms with Crippen LogP contribution in [0.15, 0.2) is 42.9 Å². The topological polar surface area (TPSA) is 75.9 Å². The van der Waals surface area contributed by atoms with Gasteiger partial charge in [-0.25, -0.2) is 19.3 Å². The summed E-state index contributed by atoms with van der Waals surface area (Å²) in [5.41, 5.74) is 3.43. The Balaban J connectivity index is 1.54. The van der Waals surface area contributed by atoms with Crippen LogP contribution in [0.4, 0.5) is 10.3 Å². The molecule has 0 bridgehead atoms. The maximum Gasteiger partial charge on any atom is 0.223 e. The SMILES string of the molecule is O[C@H]1C[C@H](Nc2nccc(-c3c(-c4ccc(F)cc4)ncn3C3CCCCC3)n2)C1. The highest BCUT2D eigenvalue weighted by Crippen LogP contribution is 2.37. The van der Waals surface area contributed by atoms with Crippen molar-refractivity contribution in [2.75, 3.05) is 5.32 Å². The minimum Gasteiger partial charge on any atom is -0.393 e. The Morgan fingerprint density at radius 2 is 1.77 bits per heavy atom. The lowest BCUT2D eigenvalue weighted by Crippen LogP contribution is -2.39. The number of aliphatic hydroxyl groups excluding tert-OH is 1. The van der Waals surface area contributed by atoms with Gasteiger partial charge < -0.3 is 15.0 Å². The van der Waals surface area contributed by atoms with E-state index in [1.54, 1.807) is 18.3 Å². The number of hydrogen-bond acceptors (Lipinski definition) is 5. The zero-order valence-electron chi connectivity index (χ0n) is 16.8. The van der Waals surface area contributed by atoms with Crippen molar-refractivity contribution in [1.82, 2.24) is 19.5 Å². The summed E-state index contributed by atoms with van der Waals surface area (Å²) >= 11 is 0. The first-order chi connectivity index (χ1) is 14.7. The summed E-state index contributed by atoms with van der Waals surface area (Å²) in [6.45, 7) is 0. The normalized spacial score (nSPS) is 21.9. The highest BCUT2D eigenvalue weighted by atomic mass is 19.1. The molecule has 2 saturated carbocycles. The molecule has 2 aromatic heterocycles. The Kier molecular flexibility index (Phi) is 5.21. The molecule has 7 heteroatoms. The van der Waals surface area contributed by atoms with Gasteiger partial charge in [0, 0.05) is 23.8 Å². The van der Waals surface area contributed by atoms with Crippen LogP contribution in [-0.2, 0) is 0 Å². The summed E-state index contributed by atoms with van der Waals surface area (Å²) in [6.07, 6.45) is 10.8. The fourth-order valence-electron chi connectivity index (χ4n) is 4.52. The van der Waals surface area contributed by atoms with Crippen LogP contribution in [0.25, 0.3) is 22.6 Å². The molecule has 1 aromatic carbocycles. The standard InChI is InChI=1S/C23H26FN5O/c24-16-8-6-15(7-9-16)21-22(29(14-26-21)18-4-2-1-3-5-18)20-10-11-25-23(28-20)27-17-12-19(30)13-17/h6-11,14,17-19,30H,1-5,12-13H2,(H,25,27,28)/t17-,19-. The van der Waals surface area contributed by atoms with Crippen LogP contribution in [0.5, 0.6) is 0 Å². The van der Waals surface area contributed by atoms with Gasteiger partial charge in [-0.1, -0.05) is 19.3 Å². The van der Waals surface area contributed by atoms with Crippen LogP contribution in [0.1, 0.15) is 51.0 Å². The summed E-state index contributed by atoms with van der Waals surface area (Å²) in [5.74, 6) is 0.300. The smallest absolute Gasteiger partial charge is 0.223 e. The maximum atomic E-state index is 13.5. The Labute approximate surface area is 175 Å². The second kappa shape index (κ2) is 8.14. The molecule has 30 heavy (non-hydrogen) atoms. The summed E-state index contributed by atoms with van der Waals surface area (Å²) in [4.78, 5) is 13.9. The molecule has 2 aliphatic rings. The van der Waals surface area contributed by atoms with Gasteiger partial charge in [-0.15, -0.1) is 0 Å². The van der Waals surface area contributed by atoms with Crippen molar-refractivity contribution < 1.29 is 9.50 Å². The molecule has 0 unspecified atom stereocenters. The van der Waals surface area contributed by atoms with Crippen molar-refractivity contribution in [1.29, 1.82) is 0 Å². The molecule has 0 amide bonds. The second-order valence-corrected chi connectivity index (χ2v) is 8.38. The van der Waals surface area contributed by atoms with E-state index in [0.29, 0.717) is 24.8 Å². The van der Waals surface area contributed by atoms with Crippen molar-refractivity contribution in [3.8, 4) is 22.6 Å². The van der Waals surface area contributed by atoms with Crippen LogP contribution in [0.3, 0.4) is 0 Å². The van der Waals surface area contributed by atoms with E-state index in [0.717, 1.165) is 35.5 Å². The number of aromatic nitrogens is 4. The Morgan fingerprint density at radius 3 is 2.50 bits per heavy atom. The number of halogens is 1. The second-order valence-electron chi connectivity index (χ2n) is 8.38. The molecule has 0 spiro atoms. The molecule has 2 fully saturated rings. The van der Waals surface area contributed by atoms with Crippen molar-refractivity contribution >= 4 is 5.95 Å². The Hall–Kier alpha value is -2.80. The molecule has 2 heterocycles. The number of nitrogens with one attached hydrogen (secondary N) is 1. The molecule has 2 aliphatic carbocycles. The molecule has 3 aromatic rings. The van der Waals surface area contributed by atoms with E-state index in [4.69, 9.17) is 9.97 Å². The Morgan fingerprint density at radius 1 is 1.00 bits per heavy atom. The molecule has 0 saturated heterocycles. The van der Waals surface area contributed by atoms with E-state index in [1.807, 2.05) is 12.4 Å². The average molecular weight is 407 g/mol. The van der Waals surface area contributed by atoms with Crippen molar-refractivity contribution in [3.05, 3.63) is 48.7 Å². The van der Waals surface area contributed by atoms with Crippen LogP contribution < -0.4 is 5.32 Å². The average Bonchev–Trinajstić information content (AvgIpc) is 3.19. The summed E-state index contributed by atoms with van der Waals surface area (Å²) in [7, 11) is 0. The minimum atomic E-state index is -0.261. The minimum absolute atomic E-state index is 0.204. The van der Waals surface area contributed by atoms with Gasteiger partial charge in [0.2, 0.25) is 5.95 Å². The van der Waals surface area contributed by atoms with E-state index >= 15 is 0 Å². The van der Waals surface area contributed by atoms with E-state index < -0.39 is 0 Å². The fraction of sp³-hybridized carbons (Fsp3) is 0.435. The first-order valence-corrected chi connectivity index (χ1v) is 10.8. The van der Waals surface area contributed by atoms with E-state index in [2.05, 4.69) is 14.9 Å². The predicted octanol–water partition coefficient (Wildman–Crippen LogP) is 4.59. The first-order valence-electron chi connectivity index (χ1n) is 10.8. The molecule has 0 aliphatic heterocycles. The van der Waals surface area contributed by atoms with E-state index in [-0.39, 0.29) is 18.0 Å². The molecule has 0 radical (unpaired) electrons. The number of imidazole rings is 1. The largest absolute Gasteiger partial charge is 0.393 e. The van der Waals surface area contributed by atoms with Crippen LogP contribution in [0, 0.1) is 5.82 Å². The molecule has 2 N–H and O–H groups in total. The summed E-state index contributed by atoms with van der Waals surface area (Å²) < 4.78 is 15.7. The third kappa shape index (κ3) is 3.81. The summed E-state index contributed by atoms with van der Waals surface area (Å²) in [5, 5.41) is 12.9. The number of hydrogen-bond donors (Lipinski definition) is 2. The van der Waals surface area contributed by atoms with Gasteiger partial charge in [0.05, 0.1) is 29.5 Å². The maximum absolute atomic E-state index is 13.5. The zero-order chi connectivity index (χ0) is 20.5. The van der Waals surface area contributed by atoms with Gasteiger partial charge in [-0.05, 0) is 56.0 Å². The molecule has 156 valence electrons. The van der Waals surface area contributed by atoms with Crippen LogP contribution in [0.2, 0.25) is 0 Å². The number of nitrogens with zero attached hydrogens (tertiary/aromatic N) is 4. The lowest BCUT2D eigenvalue weighted by atomic mass is 9.90. The predicted molar refractivity (Wildman–Crippen MR) is 113 cm³/mol. The molecule has 6 nitrogen and oxygen atoms in total. The van der Waals surface area contributed by atoms with Crippen LogP contribution >= 0.6 is 0 Å².